The van der Waals surface area contributed by atoms with Crippen molar-refractivity contribution in [1.82, 2.24) is 0 Å². The predicted octanol–water partition coefficient (Wildman–Crippen LogP) is 3.82. The Morgan fingerprint density at radius 2 is 1.65 bits per heavy atom. The van der Waals surface area contributed by atoms with Gasteiger partial charge in [-0.05, 0) is 0 Å². The number of halogens is 4. The first-order chi connectivity index (χ1) is 12.1. The van der Waals surface area contributed by atoms with Crippen LogP contribution in [0, 0.1) is 33.4 Å². The Morgan fingerprint density at radius 1 is 1.08 bits per heavy atom. The van der Waals surface area contributed by atoms with Crippen LogP contribution in [0.3, 0.4) is 0 Å². The number of benzene rings is 2. The zero-order chi connectivity index (χ0) is 19.6. The molecular weight excluding hydrogens is 382 g/mol. The lowest BCUT2D eigenvalue weighted by atomic mass is 10.1. The number of carbonyl (C=O) groups is 2. The van der Waals surface area contributed by atoms with Crippen LogP contribution in [0.5, 0.6) is 0 Å². The molecule has 0 spiro atoms. The Morgan fingerprint density at radius 3 is 2.15 bits per heavy atom. The maximum Gasteiger partial charge on any atom is 0.341 e. The molecule has 0 aromatic heterocycles. The van der Waals surface area contributed by atoms with E-state index in [-0.39, 0.29) is 23.0 Å². The van der Waals surface area contributed by atoms with Gasteiger partial charge in [-0.2, -0.15) is 0 Å². The highest BCUT2D eigenvalue weighted by Gasteiger charge is 2.29. The monoisotopic (exact) mass is 389 g/mol. The van der Waals surface area contributed by atoms with E-state index in [1.807, 2.05) is 0 Å². The van der Waals surface area contributed by atoms with Gasteiger partial charge in [0.1, 0.15) is 5.56 Å². The van der Waals surface area contributed by atoms with Gasteiger partial charge in [-0.25, -0.2) is 22.4 Å². The standard InChI is InChI=1S/C15H7F4NO5S/c16-10-9(15(22)23)11(17)13(19)14(12(10)18)26-5-8(21)6-2-1-3-7(4-6)20(24)25/h1-4H,5H2,(H,22,23). The third kappa shape index (κ3) is 3.67. The summed E-state index contributed by atoms with van der Waals surface area (Å²) in [5.41, 5.74) is -2.31. The number of rotatable bonds is 6. The maximum atomic E-state index is 13.8. The molecule has 0 amide bonds. The molecule has 1 N–H and O–H groups in total. The molecule has 0 unspecified atom stereocenters. The minimum atomic E-state index is -2.19. The fraction of sp³-hybridized carbons (Fsp3) is 0.0667. The van der Waals surface area contributed by atoms with Crippen molar-refractivity contribution in [2.45, 2.75) is 4.90 Å². The molecule has 2 aromatic carbocycles. The number of carboxylic acids is 1. The summed E-state index contributed by atoms with van der Waals surface area (Å²) in [6.45, 7) is 0. The molecular formula is C15H7F4NO5S. The summed E-state index contributed by atoms with van der Waals surface area (Å²) in [6.07, 6.45) is 0. The van der Waals surface area contributed by atoms with Gasteiger partial charge in [0.05, 0.1) is 15.6 Å². The fourth-order valence-corrected chi connectivity index (χ4v) is 2.81. The van der Waals surface area contributed by atoms with Gasteiger partial charge in [0, 0.05) is 17.7 Å². The number of aromatic carboxylic acids is 1. The van der Waals surface area contributed by atoms with Crippen LogP contribution in [0.4, 0.5) is 23.2 Å². The van der Waals surface area contributed by atoms with E-state index in [1.54, 1.807) is 0 Å². The quantitative estimate of drug-likeness (QED) is 0.201. The van der Waals surface area contributed by atoms with Crippen molar-refractivity contribution < 1.29 is 37.2 Å². The lowest BCUT2D eigenvalue weighted by Crippen LogP contribution is -2.12. The third-order valence-electron chi connectivity index (χ3n) is 3.16. The molecule has 0 aliphatic rings. The van der Waals surface area contributed by atoms with Gasteiger partial charge in [-0.1, -0.05) is 12.1 Å². The second kappa shape index (κ2) is 7.52. The van der Waals surface area contributed by atoms with E-state index >= 15 is 0 Å². The van der Waals surface area contributed by atoms with Crippen LogP contribution >= 0.6 is 11.8 Å². The number of hydrogen-bond acceptors (Lipinski definition) is 5. The van der Waals surface area contributed by atoms with Crippen LogP contribution in [-0.4, -0.2) is 27.5 Å². The first kappa shape index (κ1) is 19.4. The minimum Gasteiger partial charge on any atom is -0.477 e. The number of carboxylic acid groups (broad SMARTS) is 1. The molecule has 2 aromatic rings. The summed E-state index contributed by atoms with van der Waals surface area (Å²) in [5.74, 6) is -11.8. The SMILES string of the molecule is O=C(CSc1c(F)c(F)c(C(=O)O)c(F)c1F)c1cccc([N+](=O)[O-])c1. The summed E-state index contributed by atoms with van der Waals surface area (Å²) in [5, 5.41) is 19.3. The van der Waals surface area contributed by atoms with Crippen LogP contribution in [0.15, 0.2) is 29.2 Å². The Labute approximate surface area is 146 Å². The van der Waals surface area contributed by atoms with Crippen LogP contribution in [-0.2, 0) is 0 Å². The van der Waals surface area contributed by atoms with Crippen molar-refractivity contribution in [3.8, 4) is 0 Å². The summed E-state index contributed by atoms with van der Waals surface area (Å²) >= 11 is 0.0973. The highest BCUT2D eigenvalue weighted by atomic mass is 32.2. The molecule has 0 saturated carbocycles. The van der Waals surface area contributed by atoms with E-state index in [4.69, 9.17) is 5.11 Å². The topological polar surface area (TPSA) is 97.5 Å². The first-order valence-corrected chi connectivity index (χ1v) is 7.63. The van der Waals surface area contributed by atoms with E-state index in [0.29, 0.717) is 0 Å². The van der Waals surface area contributed by atoms with E-state index in [1.165, 1.54) is 12.1 Å². The van der Waals surface area contributed by atoms with Gasteiger partial charge in [-0.3, -0.25) is 14.9 Å². The number of thioether (sulfide) groups is 1. The molecule has 0 fully saturated rings. The second-order valence-corrected chi connectivity index (χ2v) is 5.77. The summed E-state index contributed by atoms with van der Waals surface area (Å²) in [6, 6.07) is 4.50. The van der Waals surface area contributed by atoms with Gasteiger partial charge >= 0.3 is 5.97 Å². The average Bonchev–Trinajstić information content (AvgIpc) is 2.59. The summed E-state index contributed by atoms with van der Waals surface area (Å²) in [4.78, 5) is 31.4. The summed E-state index contributed by atoms with van der Waals surface area (Å²) < 4.78 is 54.9. The van der Waals surface area contributed by atoms with Crippen molar-refractivity contribution in [3.05, 3.63) is 68.8 Å². The number of nitro benzene ring substituents is 1. The van der Waals surface area contributed by atoms with Crippen molar-refractivity contribution in [2.24, 2.45) is 0 Å². The largest absolute Gasteiger partial charge is 0.477 e. The van der Waals surface area contributed by atoms with Gasteiger partial charge in [0.15, 0.2) is 29.1 Å². The molecule has 2 rings (SSSR count). The number of Topliss-reactive ketones (excluding diaryl/α,β-unsaturated/α-hetero) is 1. The van der Waals surface area contributed by atoms with Gasteiger partial charge < -0.3 is 5.11 Å². The zero-order valence-electron chi connectivity index (χ0n) is 12.5. The van der Waals surface area contributed by atoms with Gasteiger partial charge in [0.2, 0.25) is 0 Å². The predicted molar refractivity (Wildman–Crippen MR) is 81.4 cm³/mol. The van der Waals surface area contributed by atoms with Crippen LogP contribution in [0.2, 0.25) is 0 Å². The second-order valence-electron chi connectivity index (χ2n) is 4.78. The van der Waals surface area contributed by atoms with E-state index in [9.17, 15) is 37.3 Å². The van der Waals surface area contributed by atoms with Gasteiger partial charge in [0.25, 0.3) is 5.69 Å². The number of carbonyl (C=O) groups excluding carboxylic acids is 1. The molecule has 11 heteroatoms. The maximum absolute atomic E-state index is 13.8. The number of ketones is 1. The number of non-ortho nitro benzene ring substituents is 1. The highest BCUT2D eigenvalue weighted by molar-refractivity contribution is 8.00. The normalized spacial score (nSPS) is 10.6. The molecule has 0 aliphatic carbocycles. The first-order valence-electron chi connectivity index (χ1n) is 6.64. The molecule has 0 saturated heterocycles. The molecule has 0 bridgehead atoms. The molecule has 6 nitrogen and oxygen atoms in total. The smallest absolute Gasteiger partial charge is 0.341 e. The average molecular weight is 389 g/mol. The Balaban J connectivity index is 2.30. The highest BCUT2D eigenvalue weighted by Crippen LogP contribution is 2.32. The molecule has 0 heterocycles. The van der Waals surface area contributed by atoms with Crippen LogP contribution in [0.1, 0.15) is 20.7 Å². The molecule has 26 heavy (non-hydrogen) atoms. The lowest BCUT2D eigenvalue weighted by molar-refractivity contribution is -0.384. The molecule has 136 valence electrons. The zero-order valence-corrected chi connectivity index (χ0v) is 13.3. The fourth-order valence-electron chi connectivity index (χ4n) is 1.94. The van der Waals surface area contributed by atoms with Crippen LogP contribution in [0.25, 0.3) is 0 Å². The van der Waals surface area contributed by atoms with Crippen LogP contribution < -0.4 is 0 Å². The Kier molecular flexibility index (Phi) is 5.60. The number of nitrogens with zero attached hydrogens (tertiary/aromatic N) is 1. The van der Waals surface area contributed by atoms with E-state index in [2.05, 4.69) is 0 Å². The Hall–Kier alpha value is -2.95. The number of nitro groups is 1. The summed E-state index contributed by atoms with van der Waals surface area (Å²) in [7, 11) is 0. The number of hydrogen-bond donors (Lipinski definition) is 1. The van der Waals surface area contributed by atoms with Crippen molar-refractivity contribution in [1.29, 1.82) is 0 Å². The molecule has 0 radical (unpaired) electrons. The minimum absolute atomic E-state index is 0.0973. The third-order valence-corrected chi connectivity index (χ3v) is 4.22. The Bertz CT molecular complexity index is 905. The van der Waals surface area contributed by atoms with Crippen molar-refractivity contribution in [3.63, 3.8) is 0 Å². The molecule has 0 aliphatic heterocycles. The lowest BCUT2D eigenvalue weighted by Gasteiger charge is -2.09. The van der Waals surface area contributed by atoms with Crippen molar-refractivity contribution in [2.75, 3.05) is 5.75 Å². The molecule has 0 atom stereocenters. The van der Waals surface area contributed by atoms with E-state index < -0.39 is 56.2 Å². The van der Waals surface area contributed by atoms with E-state index in [0.717, 1.165) is 12.1 Å². The van der Waals surface area contributed by atoms with Gasteiger partial charge in [-0.15, -0.1) is 11.8 Å². The van der Waals surface area contributed by atoms with Crippen molar-refractivity contribution >= 4 is 29.2 Å².